The molecule has 1 atom stereocenters. The van der Waals surface area contributed by atoms with Crippen molar-refractivity contribution in [3.8, 4) is 11.5 Å². The topological polar surface area (TPSA) is 18.5 Å². The first-order chi connectivity index (χ1) is 9.99. The molecule has 1 unspecified atom stereocenters. The molecule has 0 saturated carbocycles. The lowest BCUT2D eigenvalue weighted by atomic mass is 10.0. The van der Waals surface area contributed by atoms with Crippen molar-refractivity contribution in [2.45, 2.75) is 4.83 Å². The summed E-state index contributed by atoms with van der Waals surface area (Å²) in [6.07, 6.45) is 0. The number of hydrogen-bond donors (Lipinski definition) is 0. The molecule has 2 rings (SSSR count). The van der Waals surface area contributed by atoms with Gasteiger partial charge in [-0.15, -0.1) is 0 Å². The normalized spacial score (nSPS) is 12.1. The van der Waals surface area contributed by atoms with Crippen molar-refractivity contribution in [3.05, 3.63) is 56.0 Å². The zero-order chi connectivity index (χ0) is 15.6. The zero-order valence-electron chi connectivity index (χ0n) is 11.3. The molecular weight excluding hydrogens is 443 g/mol. The second-order valence-corrected chi connectivity index (χ2v) is 6.79. The molecule has 0 heterocycles. The molecule has 0 bridgehead atoms. The van der Waals surface area contributed by atoms with Crippen LogP contribution >= 0.6 is 55.1 Å². The van der Waals surface area contributed by atoms with E-state index in [-0.39, 0.29) is 4.83 Å². The molecule has 0 radical (unpaired) electrons. The first kappa shape index (κ1) is 16.9. The fraction of sp³-hybridized carbons (Fsp3) is 0.200. The van der Waals surface area contributed by atoms with Crippen LogP contribution in [-0.2, 0) is 0 Å². The Bertz CT molecular complexity index is 662. The molecule has 0 spiro atoms. The van der Waals surface area contributed by atoms with Gasteiger partial charge in [-0.1, -0.05) is 51.3 Å². The molecule has 0 aliphatic heterocycles. The van der Waals surface area contributed by atoms with Gasteiger partial charge in [0.2, 0.25) is 0 Å². The van der Waals surface area contributed by atoms with E-state index in [9.17, 15) is 0 Å². The van der Waals surface area contributed by atoms with Crippen LogP contribution in [0.3, 0.4) is 0 Å². The van der Waals surface area contributed by atoms with Crippen molar-refractivity contribution in [2.24, 2.45) is 0 Å². The highest BCUT2D eigenvalue weighted by Gasteiger charge is 2.21. The molecular formula is C15H12Br2Cl2O2. The predicted molar refractivity (Wildman–Crippen MR) is 94.5 cm³/mol. The molecule has 0 amide bonds. The van der Waals surface area contributed by atoms with Crippen LogP contribution in [0.25, 0.3) is 0 Å². The van der Waals surface area contributed by atoms with Crippen molar-refractivity contribution in [1.82, 2.24) is 0 Å². The van der Waals surface area contributed by atoms with Gasteiger partial charge < -0.3 is 9.47 Å². The summed E-state index contributed by atoms with van der Waals surface area (Å²) in [6.45, 7) is 0. The Morgan fingerprint density at radius 1 is 1.00 bits per heavy atom. The van der Waals surface area contributed by atoms with Gasteiger partial charge in [0.25, 0.3) is 0 Å². The minimum Gasteiger partial charge on any atom is -0.496 e. The summed E-state index contributed by atoms with van der Waals surface area (Å²) < 4.78 is 11.6. The second kappa shape index (κ2) is 7.23. The average Bonchev–Trinajstić information content (AvgIpc) is 2.49. The lowest BCUT2D eigenvalue weighted by Crippen LogP contribution is -2.00. The van der Waals surface area contributed by atoms with Crippen LogP contribution in [0.5, 0.6) is 11.5 Å². The first-order valence-corrected chi connectivity index (χ1v) is 8.45. The summed E-state index contributed by atoms with van der Waals surface area (Å²) in [7, 11) is 3.24. The van der Waals surface area contributed by atoms with Crippen LogP contribution in [0.2, 0.25) is 10.0 Å². The van der Waals surface area contributed by atoms with Gasteiger partial charge in [-0.2, -0.15) is 0 Å². The van der Waals surface area contributed by atoms with Crippen LogP contribution in [-0.4, -0.2) is 14.2 Å². The van der Waals surface area contributed by atoms with Gasteiger partial charge in [0.05, 0.1) is 33.6 Å². The van der Waals surface area contributed by atoms with Crippen LogP contribution in [0.1, 0.15) is 16.0 Å². The number of halogens is 4. The fourth-order valence-electron chi connectivity index (χ4n) is 1.97. The standard InChI is InChI=1S/C15H12Br2Cl2O2/c1-20-12-7-10(16)13(21-2)6-9(12)14(17)8-4-3-5-11(18)15(8)19/h3-7,14H,1-2H3. The smallest absolute Gasteiger partial charge is 0.133 e. The summed E-state index contributed by atoms with van der Waals surface area (Å²) in [5.74, 6) is 1.44. The van der Waals surface area contributed by atoms with Crippen molar-refractivity contribution >= 4 is 55.1 Å². The lowest BCUT2D eigenvalue weighted by molar-refractivity contribution is 0.397. The molecule has 2 nitrogen and oxygen atoms in total. The quantitative estimate of drug-likeness (QED) is 0.508. The third-order valence-corrected chi connectivity index (χ3v) is 5.47. The monoisotopic (exact) mass is 452 g/mol. The summed E-state index contributed by atoms with van der Waals surface area (Å²) in [5, 5.41) is 1.03. The van der Waals surface area contributed by atoms with Crippen molar-refractivity contribution in [2.75, 3.05) is 14.2 Å². The molecule has 0 aromatic heterocycles. The molecule has 0 saturated heterocycles. The predicted octanol–water partition coefficient (Wildman–Crippen LogP) is 6.26. The Kier molecular flexibility index (Phi) is 5.83. The Hall–Kier alpha value is -0.420. The van der Waals surface area contributed by atoms with E-state index in [1.165, 1.54) is 0 Å². The zero-order valence-corrected chi connectivity index (χ0v) is 16.0. The third-order valence-electron chi connectivity index (χ3n) is 3.03. The molecule has 21 heavy (non-hydrogen) atoms. The summed E-state index contributed by atoms with van der Waals surface area (Å²) in [6, 6.07) is 9.30. The minimum absolute atomic E-state index is 0.166. The fourth-order valence-corrected chi connectivity index (χ4v) is 3.74. The lowest BCUT2D eigenvalue weighted by Gasteiger charge is -2.18. The molecule has 2 aromatic carbocycles. The summed E-state index contributed by atoms with van der Waals surface area (Å²) >= 11 is 19.5. The maximum Gasteiger partial charge on any atom is 0.133 e. The minimum atomic E-state index is -0.166. The molecule has 0 aliphatic rings. The Morgan fingerprint density at radius 2 is 1.67 bits per heavy atom. The number of alkyl halides is 1. The maximum atomic E-state index is 6.30. The van der Waals surface area contributed by atoms with Crippen LogP contribution in [0, 0.1) is 0 Å². The van der Waals surface area contributed by atoms with E-state index in [0.29, 0.717) is 15.8 Å². The van der Waals surface area contributed by atoms with Gasteiger partial charge in [0.1, 0.15) is 11.5 Å². The van der Waals surface area contributed by atoms with Gasteiger partial charge in [0.15, 0.2) is 0 Å². The highest BCUT2D eigenvalue weighted by molar-refractivity contribution is 9.10. The van der Waals surface area contributed by atoms with E-state index in [4.69, 9.17) is 32.7 Å². The number of ether oxygens (including phenoxy) is 2. The molecule has 2 aromatic rings. The van der Waals surface area contributed by atoms with E-state index in [1.54, 1.807) is 20.3 Å². The largest absolute Gasteiger partial charge is 0.496 e. The van der Waals surface area contributed by atoms with Gasteiger partial charge in [-0.25, -0.2) is 0 Å². The maximum absolute atomic E-state index is 6.30. The van der Waals surface area contributed by atoms with E-state index < -0.39 is 0 Å². The third kappa shape index (κ3) is 3.50. The van der Waals surface area contributed by atoms with E-state index in [2.05, 4.69) is 31.9 Å². The van der Waals surface area contributed by atoms with Crippen molar-refractivity contribution in [1.29, 1.82) is 0 Å². The number of hydrogen-bond acceptors (Lipinski definition) is 2. The Labute approximate surface area is 150 Å². The summed E-state index contributed by atoms with van der Waals surface area (Å²) in [5.41, 5.74) is 1.77. The molecule has 0 N–H and O–H groups in total. The molecule has 6 heteroatoms. The SMILES string of the molecule is COc1cc(C(Br)c2cccc(Cl)c2Cl)c(OC)cc1Br. The van der Waals surface area contributed by atoms with Crippen molar-refractivity contribution < 1.29 is 9.47 Å². The first-order valence-electron chi connectivity index (χ1n) is 5.99. The van der Waals surface area contributed by atoms with Crippen LogP contribution in [0.15, 0.2) is 34.8 Å². The van der Waals surface area contributed by atoms with Gasteiger partial charge in [-0.3, -0.25) is 0 Å². The Balaban J connectivity index is 2.56. The van der Waals surface area contributed by atoms with Crippen LogP contribution in [0.4, 0.5) is 0 Å². The van der Waals surface area contributed by atoms with E-state index in [0.717, 1.165) is 21.3 Å². The highest BCUT2D eigenvalue weighted by atomic mass is 79.9. The average molecular weight is 455 g/mol. The van der Waals surface area contributed by atoms with Crippen molar-refractivity contribution in [3.63, 3.8) is 0 Å². The van der Waals surface area contributed by atoms with Crippen LogP contribution < -0.4 is 9.47 Å². The molecule has 0 aliphatic carbocycles. The number of rotatable bonds is 4. The molecule has 112 valence electrons. The second-order valence-electron chi connectivity index (χ2n) is 4.23. The van der Waals surface area contributed by atoms with Gasteiger partial charge in [0, 0.05) is 5.56 Å². The van der Waals surface area contributed by atoms with Gasteiger partial charge in [-0.05, 0) is 39.7 Å². The molecule has 0 fully saturated rings. The van der Waals surface area contributed by atoms with E-state index >= 15 is 0 Å². The summed E-state index contributed by atoms with van der Waals surface area (Å²) in [4.78, 5) is -0.166. The van der Waals surface area contributed by atoms with E-state index in [1.807, 2.05) is 24.3 Å². The number of benzene rings is 2. The highest BCUT2D eigenvalue weighted by Crippen LogP contribution is 2.44. The number of methoxy groups -OCH3 is 2. The Morgan fingerprint density at radius 3 is 2.29 bits per heavy atom. The van der Waals surface area contributed by atoms with Gasteiger partial charge >= 0.3 is 0 Å².